The summed E-state index contributed by atoms with van der Waals surface area (Å²) in [6, 6.07) is 16.6. The Morgan fingerprint density at radius 2 is 1.82 bits per heavy atom. The van der Waals surface area contributed by atoms with E-state index in [1.807, 2.05) is 41.8 Å². The standard InChI is InChI=1S/C24H25N7O2/c1-3-31-21(12-13-23(33)25-19-11-7-10-18(14-19)16(2)32)28-29-22(31)15-20-26-24(30-27-20)17-8-5-4-6-9-17/h4-11,14,20H,3,12-13,15H2,1-2H3,(H,25,33). The molecular formula is C24H25N7O2. The Balaban J connectivity index is 1.36. The molecule has 9 heteroatoms. The van der Waals surface area contributed by atoms with Crippen LogP contribution in [0.3, 0.4) is 0 Å². The second-order valence-corrected chi connectivity index (χ2v) is 7.68. The van der Waals surface area contributed by atoms with Gasteiger partial charge >= 0.3 is 0 Å². The molecule has 1 N–H and O–H groups in total. The molecular weight excluding hydrogens is 418 g/mol. The SMILES string of the molecule is CCn1c(CCC(=O)Nc2cccc(C(C)=O)c2)nnc1CC1N=NC(c2ccccc2)=N1. The smallest absolute Gasteiger partial charge is 0.224 e. The number of benzene rings is 2. The summed E-state index contributed by atoms with van der Waals surface area (Å²) < 4.78 is 2.00. The van der Waals surface area contributed by atoms with Crippen LogP contribution in [0.4, 0.5) is 5.69 Å². The fourth-order valence-electron chi connectivity index (χ4n) is 3.62. The molecule has 1 unspecified atom stereocenters. The summed E-state index contributed by atoms with van der Waals surface area (Å²) >= 11 is 0. The third kappa shape index (κ3) is 5.43. The Hall–Kier alpha value is -4.01. The van der Waals surface area contributed by atoms with Gasteiger partial charge in [-0.1, -0.05) is 42.5 Å². The zero-order valence-electron chi connectivity index (χ0n) is 18.6. The lowest BCUT2D eigenvalue weighted by Gasteiger charge is -2.09. The number of ketones is 1. The molecule has 0 fully saturated rings. The monoisotopic (exact) mass is 443 g/mol. The molecule has 0 aliphatic carbocycles. The van der Waals surface area contributed by atoms with Crippen LogP contribution in [0.1, 0.15) is 47.8 Å². The fraction of sp³-hybridized carbons (Fsp3) is 0.292. The number of hydrogen-bond donors (Lipinski definition) is 1. The molecule has 2 aromatic carbocycles. The minimum Gasteiger partial charge on any atom is -0.326 e. The summed E-state index contributed by atoms with van der Waals surface area (Å²) in [6.07, 6.45) is 0.857. The van der Waals surface area contributed by atoms with E-state index in [-0.39, 0.29) is 24.3 Å². The van der Waals surface area contributed by atoms with Crippen molar-refractivity contribution in [2.45, 2.75) is 45.8 Å². The zero-order valence-corrected chi connectivity index (χ0v) is 18.6. The molecule has 0 saturated carbocycles. The predicted octanol–water partition coefficient (Wildman–Crippen LogP) is 3.85. The lowest BCUT2D eigenvalue weighted by molar-refractivity contribution is -0.116. The van der Waals surface area contributed by atoms with E-state index in [4.69, 9.17) is 0 Å². The van der Waals surface area contributed by atoms with Crippen molar-refractivity contribution < 1.29 is 9.59 Å². The van der Waals surface area contributed by atoms with E-state index in [9.17, 15) is 9.59 Å². The molecule has 9 nitrogen and oxygen atoms in total. The molecule has 168 valence electrons. The maximum Gasteiger partial charge on any atom is 0.224 e. The highest BCUT2D eigenvalue weighted by molar-refractivity contribution is 6.00. The van der Waals surface area contributed by atoms with E-state index in [1.165, 1.54) is 6.92 Å². The maximum absolute atomic E-state index is 12.4. The van der Waals surface area contributed by atoms with Gasteiger partial charge in [0.25, 0.3) is 0 Å². The number of anilines is 1. The quantitative estimate of drug-likeness (QED) is 0.506. The third-order valence-corrected chi connectivity index (χ3v) is 5.30. The van der Waals surface area contributed by atoms with Crippen LogP contribution in [0, 0.1) is 0 Å². The Kier molecular flexibility index (Phi) is 6.77. The molecule has 2 heterocycles. The molecule has 4 rings (SSSR count). The minimum atomic E-state index is -0.334. The van der Waals surface area contributed by atoms with Crippen molar-refractivity contribution in [3.8, 4) is 0 Å². The highest BCUT2D eigenvalue weighted by Gasteiger charge is 2.20. The zero-order chi connectivity index (χ0) is 23.2. The topological polar surface area (TPSA) is 114 Å². The van der Waals surface area contributed by atoms with Crippen molar-refractivity contribution in [2.75, 3.05) is 5.32 Å². The van der Waals surface area contributed by atoms with E-state index < -0.39 is 0 Å². The van der Waals surface area contributed by atoms with Crippen LogP contribution in [0.5, 0.6) is 0 Å². The molecule has 0 spiro atoms. The van der Waals surface area contributed by atoms with Crippen molar-refractivity contribution in [3.05, 3.63) is 77.4 Å². The molecule has 3 aromatic rings. The van der Waals surface area contributed by atoms with Gasteiger partial charge in [-0.05, 0) is 26.0 Å². The summed E-state index contributed by atoms with van der Waals surface area (Å²) in [4.78, 5) is 28.5. The molecule has 1 atom stereocenters. The van der Waals surface area contributed by atoms with E-state index in [0.717, 1.165) is 17.2 Å². The average Bonchev–Trinajstić information content (AvgIpc) is 3.45. The van der Waals surface area contributed by atoms with Crippen molar-refractivity contribution in [2.24, 2.45) is 15.2 Å². The number of nitrogens with zero attached hydrogens (tertiary/aromatic N) is 6. The molecule has 1 amide bonds. The lowest BCUT2D eigenvalue weighted by Crippen LogP contribution is -2.15. The van der Waals surface area contributed by atoms with Gasteiger partial charge in [0.2, 0.25) is 5.91 Å². The number of azo groups is 1. The first kappa shape index (κ1) is 22.2. The van der Waals surface area contributed by atoms with Crippen LogP contribution in [0.15, 0.2) is 69.8 Å². The number of hydrogen-bond acceptors (Lipinski definition) is 7. The van der Waals surface area contributed by atoms with E-state index in [2.05, 4.69) is 30.7 Å². The third-order valence-electron chi connectivity index (χ3n) is 5.30. The van der Waals surface area contributed by atoms with Gasteiger partial charge in [0.1, 0.15) is 11.6 Å². The van der Waals surface area contributed by atoms with Gasteiger partial charge in [-0.2, -0.15) is 5.11 Å². The van der Waals surface area contributed by atoms with E-state index in [1.54, 1.807) is 24.3 Å². The Morgan fingerprint density at radius 3 is 2.58 bits per heavy atom. The number of carbonyl (C=O) groups excluding carboxylic acids is 2. The van der Waals surface area contributed by atoms with Gasteiger partial charge in [0.15, 0.2) is 17.8 Å². The molecule has 1 aromatic heterocycles. The number of aryl methyl sites for hydroxylation is 1. The number of aliphatic imine (C=N–C) groups is 1. The van der Waals surface area contributed by atoms with Crippen LogP contribution >= 0.6 is 0 Å². The maximum atomic E-state index is 12.4. The van der Waals surface area contributed by atoms with Gasteiger partial charge in [-0.3, -0.25) is 9.59 Å². The number of rotatable bonds is 9. The van der Waals surface area contributed by atoms with Gasteiger partial charge in [-0.25, -0.2) is 4.99 Å². The second kappa shape index (κ2) is 10.1. The first-order chi connectivity index (χ1) is 16.0. The van der Waals surface area contributed by atoms with Gasteiger partial charge < -0.3 is 9.88 Å². The molecule has 33 heavy (non-hydrogen) atoms. The van der Waals surface area contributed by atoms with Gasteiger partial charge in [0, 0.05) is 36.2 Å². The molecule has 1 aliphatic rings. The largest absolute Gasteiger partial charge is 0.326 e. The van der Waals surface area contributed by atoms with Crippen LogP contribution < -0.4 is 5.32 Å². The average molecular weight is 444 g/mol. The number of amides is 1. The number of carbonyl (C=O) groups is 2. The van der Waals surface area contributed by atoms with E-state index in [0.29, 0.717) is 36.5 Å². The highest BCUT2D eigenvalue weighted by atomic mass is 16.1. The van der Waals surface area contributed by atoms with Crippen molar-refractivity contribution >= 4 is 23.2 Å². The van der Waals surface area contributed by atoms with Crippen molar-refractivity contribution in [1.29, 1.82) is 0 Å². The minimum absolute atomic E-state index is 0.0447. The summed E-state index contributed by atoms with van der Waals surface area (Å²) in [5.74, 6) is 1.93. The predicted molar refractivity (Wildman–Crippen MR) is 124 cm³/mol. The summed E-state index contributed by atoms with van der Waals surface area (Å²) in [6.45, 7) is 4.19. The van der Waals surface area contributed by atoms with Crippen LogP contribution in [-0.2, 0) is 24.2 Å². The number of nitrogens with one attached hydrogen (secondary N) is 1. The van der Waals surface area contributed by atoms with Gasteiger partial charge in [0.05, 0.1) is 6.42 Å². The number of amidine groups is 1. The first-order valence-corrected chi connectivity index (χ1v) is 10.9. The molecule has 0 radical (unpaired) electrons. The summed E-state index contributed by atoms with van der Waals surface area (Å²) in [7, 11) is 0. The molecule has 0 bridgehead atoms. The highest BCUT2D eigenvalue weighted by Crippen LogP contribution is 2.17. The number of aromatic nitrogens is 3. The first-order valence-electron chi connectivity index (χ1n) is 10.9. The molecule has 0 saturated heterocycles. The van der Waals surface area contributed by atoms with E-state index >= 15 is 0 Å². The van der Waals surface area contributed by atoms with Crippen LogP contribution in [-0.4, -0.2) is 38.5 Å². The van der Waals surface area contributed by atoms with Crippen LogP contribution in [0.25, 0.3) is 0 Å². The fourth-order valence-corrected chi connectivity index (χ4v) is 3.62. The van der Waals surface area contributed by atoms with Gasteiger partial charge in [-0.15, -0.1) is 15.3 Å². The van der Waals surface area contributed by atoms with Crippen molar-refractivity contribution in [3.63, 3.8) is 0 Å². The second-order valence-electron chi connectivity index (χ2n) is 7.68. The van der Waals surface area contributed by atoms with Crippen molar-refractivity contribution in [1.82, 2.24) is 14.8 Å². The Bertz CT molecular complexity index is 1210. The lowest BCUT2D eigenvalue weighted by atomic mass is 10.1. The summed E-state index contributed by atoms with van der Waals surface area (Å²) in [5, 5.41) is 19.9. The van der Waals surface area contributed by atoms with Crippen LogP contribution in [0.2, 0.25) is 0 Å². The Labute approximate surface area is 191 Å². The summed E-state index contributed by atoms with van der Waals surface area (Å²) in [5.41, 5.74) is 2.09. The number of Topliss-reactive ketones (excluding diaryl/α,β-unsaturated/α-hetero) is 1. The Morgan fingerprint density at radius 1 is 1.03 bits per heavy atom. The molecule has 1 aliphatic heterocycles. The normalized spacial score (nSPS) is 14.8.